The van der Waals surface area contributed by atoms with Crippen LogP contribution < -0.4 is 0 Å². The van der Waals surface area contributed by atoms with Crippen LogP contribution in [0.2, 0.25) is 5.02 Å². The van der Waals surface area contributed by atoms with Crippen LogP contribution in [0.5, 0.6) is 0 Å². The van der Waals surface area contributed by atoms with Gasteiger partial charge in [-0.05, 0) is 34.1 Å². The maximum Gasteiger partial charge on any atom is 0.132 e. The first-order valence-corrected chi connectivity index (χ1v) is 6.25. The third-order valence-electron chi connectivity index (χ3n) is 2.55. The summed E-state index contributed by atoms with van der Waals surface area (Å²) in [6, 6.07) is 8.25. The van der Waals surface area contributed by atoms with Crippen LogP contribution >= 0.6 is 27.5 Å². The molecule has 0 spiro atoms. The van der Waals surface area contributed by atoms with E-state index in [1.807, 2.05) is 0 Å². The fraction of sp³-hybridized carbons (Fsp3) is 0.0769. The van der Waals surface area contributed by atoms with Gasteiger partial charge in [-0.15, -0.1) is 0 Å². The molecule has 0 aliphatic rings. The molecule has 0 radical (unpaired) electrons. The van der Waals surface area contributed by atoms with Crippen LogP contribution in [0.15, 0.2) is 40.9 Å². The monoisotopic (exact) mass is 332 g/mol. The van der Waals surface area contributed by atoms with Crippen LogP contribution in [-0.4, -0.2) is 5.11 Å². The van der Waals surface area contributed by atoms with E-state index in [4.69, 9.17) is 11.6 Å². The van der Waals surface area contributed by atoms with Crippen LogP contribution in [0.4, 0.5) is 8.78 Å². The first-order chi connectivity index (χ1) is 8.52. The van der Waals surface area contributed by atoms with E-state index < -0.39 is 23.3 Å². The largest absolute Gasteiger partial charge is 0.383 e. The maximum atomic E-state index is 13.6. The number of aliphatic hydroxyl groups excluding tert-OH is 1. The minimum Gasteiger partial charge on any atom is -0.383 e. The molecule has 1 nitrogen and oxygen atoms in total. The Labute approximate surface area is 116 Å². The lowest BCUT2D eigenvalue weighted by molar-refractivity contribution is 0.209. The van der Waals surface area contributed by atoms with E-state index in [1.54, 1.807) is 12.1 Å². The Bertz CT molecular complexity index is 569. The fourth-order valence-electron chi connectivity index (χ4n) is 1.66. The molecule has 94 valence electrons. The molecule has 18 heavy (non-hydrogen) atoms. The molecule has 0 fully saturated rings. The average Bonchev–Trinajstić information content (AvgIpc) is 2.32. The molecule has 1 N–H and O–H groups in total. The lowest BCUT2D eigenvalue weighted by atomic mass is 10.0. The third-order valence-corrected chi connectivity index (χ3v) is 3.86. The molecule has 1 atom stereocenters. The molecule has 2 aromatic rings. The smallest absolute Gasteiger partial charge is 0.132 e. The average molecular weight is 334 g/mol. The second kappa shape index (κ2) is 5.34. The summed E-state index contributed by atoms with van der Waals surface area (Å²) in [6.07, 6.45) is -1.45. The summed E-state index contributed by atoms with van der Waals surface area (Å²) < 4.78 is 27.7. The van der Waals surface area contributed by atoms with Crippen molar-refractivity contribution in [3.05, 3.63) is 68.7 Å². The van der Waals surface area contributed by atoms with Gasteiger partial charge in [-0.25, -0.2) is 8.78 Å². The Morgan fingerprint density at radius 1 is 1.06 bits per heavy atom. The molecule has 1 unspecified atom stereocenters. The van der Waals surface area contributed by atoms with Gasteiger partial charge in [0, 0.05) is 10.0 Å². The minimum atomic E-state index is -1.45. The van der Waals surface area contributed by atoms with Crippen molar-refractivity contribution in [2.75, 3.05) is 0 Å². The third kappa shape index (κ3) is 2.41. The van der Waals surface area contributed by atoms with Gasteiger partial charge in [0.1, 0.15) is 17.7 Å². The van der Waals surface area contributed by atoms with Crippen molar-refractivity contribution in [2.45, 2.75) is 6.10 Å². The molecular weight excluding hydrogens is 325 g/mol. The highest BCUT2D eigenvalue weighted by molar-refractivity contribution is 9.10. The molecule has 0 aromatic heterocycles. The van der Waals surface area contributed by atoms with Crippen LogP contribution in [0.25, 0.3) is 0 Å². The zero-order chi connectivity index (χ0) is 13.3. The van der Waals surface area contributed by atoms with Gasteiger partial charge in [0.25, 0.3) is 0 Å². The van der Waals surface area contributed by atoms with Crippen molar-refractivity contribution >= 4 is 27.5 Å². The highest BCUT2D eigenvalue weighted by atomic mass is 79.9. The zero-order valence-electron chi connectivity index (χ0n) is 9.00. The molecule has 2 aromatic carbocycles. The molecule has 0 heterocycles. The first-order valence-electron chi connectivity index (χ1n) is 5.08. The molecule has 0 amide bonds. The van der Waals surface area contributed by atoms with E-state index >= 15 is 0 Å². The van der Waals surface area contributed by atoms with Gasteiger partial charge in [0.2, 0.25) is 0 Å². The summed E-state index contributed by atoms with van der Waals surface area (Å²) in [6.45, 7) is 0. The number of halogens is 4. The maximum absolute atomic E-state index is 13.6. The molecular formula is C13H8BrClF2O. The standard InChI is InChI=1S/C13H8BrClF2O/c14-8-4-1-3-7(12(8)15)13(18)11-9(16)5-2-6-10(11)17/h1-6,13,18H. The highest BCUT2D eigenvalue weighted by Crippen LogP contribution is 2.34. The molecule has 0 aliphatic carbocycles. The van der Waals surface area contributed by atoms with Crippen molar-refractivity contribution < 1.29 is 13.9 Å². The number of rotatable bonds is 2. The fourth-order valence-corrected chi connectivity index (χ4v) is 2.27. The summed E-state index contributed by atoms with van der Waals surface area (Å²) in [5.41, 5.74) is -0.160. The minimum absolute atomic E-state index is 0.229. The Kier molecular flexibility index (Phi) is 4.00. The van der Waals surface area contributed by atoms with E-state index in [9.17, 15) is 13.9 Å². The topological polar surface area (TPSA) is 20.2 Å². The molecule has 0 saturated carbocycles. The number of aliphatic hydroxyl groups is 1. The van der Waals surface area contributed by atoms with Gasteiger partial charge in [0.05, 0.1) is 10.6 Å². The van der Waals surface area contributed by atoms with Gasteiger partial charge in [0.15, 0.2) is 0 Å². The summed E-state index contributed by atoms with van der Waals surface area (Å²) >= 11 is 9.18. The van der Waals surface area contributed by atoms with Gasteiger partial charge in [-0.2, -0.15) is 0 Å². The summed E-state index contributed by atoms with van der Waals surface area (Å²) in [7, 11) is 0. The van der Waals surface area contributed by atoms with E-state index in [0.717, 1.165) is 12.1 Å². The number of hydrogen-bond donors (Lipinski definition) is 1. The van der Waals surface area contributed by atoms with Crippen LogP contribution in [0.3, 0.4) is 0 Å². The predicted molar refractivity (Wildman–Crippen MR) is 69.6 cm³/mol. The van der Waals surface area contributed by atoms with Crippen LogP contribution in [-0.2, 0) is 0 Å². The van der Waals surface area contributed by atoms with Gasteiger partial charge in [-0.1, -0.05) is 29.8 Å². The van der Waals surface area contributed by atoms with E-state index in [2.05, 4.69) is 15.9 Å². The lowest BCUT2D eigenvalue weighted by Gasteiger charge is -2.15. The van der Waals surface area contributed by atoms with E-state index in [0.29, 0.717) is 4.47 Å². The Hall–Kier alpha value is -0.970. The molecule has 2 rings (SSSR count). The molecule has 0 aliphatic heterocycles. The second-order valence-electron chi connectivity index (χ2n) is 3.68. The van der Waals surface area contributed by atoms with Crippen LogP contribution in [0, 0.1) is 11.6 Å². The predicted octanol–water partition coefficient (Wildman–Crippen LogP) is 4.46. The number of hydrogen-bond acceptors (Lipinski definition) is 1. The quantitative estimate of drug-likeness (QED) is 0.860. The first kappa shape index (κ1) is 13.5. The second-order valence-corrected chi connectivity index (χ2v) is 4.91. The van der Waals surface area contributed by atoms with Crippen molar-refractivity contribution in [1.82, 2.24) is 0 Å². The van der Waals surface area contributed by atoms with E-state index in [-0.39, 0.29) is 10.6 Å². The van der Waals surface area contributed by atoms with Crippen LogP contribution in [0.1, 0.15) is 17.2 Å². The summed E-state index contributed by atoms with van der Waals surface area (Å²) in [5, 5.41) is 10.3. The van der Waals surface area contributed by atoms with Crippen molar-refractivity contribution in [3.8, 4) is 0 Å². The molecule has 5 heteroatoms. The Morgan fingerprint density at radius 2 is 1.61 bits per heavy atom. The van der Waals surface area contributed by atoms with Crippen molar-refractivity contribution in [1.29, 1.82) is 0 Å². The van der Waals surface area contributed by atoms with Gasteiger partial charge in [-0.3, -0.25) is 0 Å². The summed E-state index contributed by atoms with van der Waals surface area (Å²) in [4.78, 5) is 0. The van der Waals surface area contributed by atoms with Crippen molar-refractivity contribution in [3.63, 3.8) is 0 Å². The SMILES string of the molecule is OC(c1cccc(Br)c1Cl)c1c(F)cccc1F. The normalized spacial score (nSPS) is 12.5. The molecule has 0 saturated heterocycles. The van der Waals surface area contributed by atoms with Crippen molar-refractivity contribution in [2.24, 2.45) is 0 Å². The molecule has 0 bridgehead atoms. The van der Waals surface area contributed by atoms with Gasteiger partial charge >= 0.3 is 0 Å². The summed E-state index contributed by atoms with van der Waals surface area (Å²) in [5.74, 6) is -1.61. The Balaban J connectivity index is 2.55. The number of benzene rings is 2. The highest BCUT2D eigenvalue weighted by Gasteiger charge is 2.22. The lowest BCUT2D eigenvalue weighted by Crippen LogP contribution is -2.06. The zero-order valence-corrected chi connectivity index (χ0v) is 11.3. The Morgan fingerprint density at radius 3 is 2.22 bits per heavy atom. The van der Waals surface area contributed by atoms with Gasteiger partial charge < -0.3 is 5.11 Å². The van der Waals surface area contributed by atoms with E-state index in [1.165, 1.54) is 12.1 Å².